The Morgan fingerprint density at radius 2 is 1.61 bits per heavy atom. The Balaban J connectivity index is 1.46. The number of fused-ring (bicyclic) bond motifs is 1. The summed E-state index contributed by atoms with van der Waals surface area (Å²) in [4.78, 5) is 16.4. The zero-order chi connectivity index (χ0) is 31.6. The molecule has 5 rings (SSSR count). The molecule has 0 spiro atoms. The molecular formula is C36H32F3N3O2. The number of aryl methyl sites for hydroxylation is 1. The number of rotatable bonds is 9. The molecule has 0 amide bonds. The Morgan fingerprint density at radius 3 is 2.27 bits per heavy atom. The molecule has 0 atom stereocenters. The minimum atomic E-state index is -4.46. The summed E-state index contributed by atoms with van der Waals surface area (Å²) in [5.41, 5.74) is 4.70. The number of hydrogen-bond acceptors (Lipinski definition) is 3. The van der Waals surface area contributed by atoms with Crippen LogP contribution in [0.15, 0.2) is 91.0 Å². The Labute approximate surface area is 254 Å². The fourth-order valence-corrected chi connectivity index (χ4v) is 5.37. The van der Waals surface area contributed by atoms with E-state index in [2.05, 4.69) is 16.0 Å². The number of nitrogens with zero attached hydrogens (tertiary/aromatic N) is 2. The Bertz CT molecular complexity index is 1860. The van der Waals surface area contributed by atoms with E-state index >= 15 is 0 Å². The molecule has 0 aliphatic carbocycles. The van der Waals surface area contributed by atoms with E-state index in [0.29, 0.717) is 29.9 Å². The van der Waals surface area contributed by atoms with Crippen molar-refractivity contribution in [3.63, 3.8) is 0 Å². The van der Waals surface area contributed by atoms with E-state index in [9.17, 15) is 28.3 Å². The van der Waals surface area contributed by atoms with Crippen molar-refractivity contribution < 1.29 is 23.1 Å². The number of alkyl halides is 3. The number of carboxylic acids is 1. The van der Waals surface area contributed by atoms with Gasteiger partial charge in [0.2, 0.25) is 0 Å². The monoisotopic (exact) mass is 595 g/mol. The fourth-order valence-electron chi connectivity index (χ4n) is 5.37. The van der Waals surface area contributed by atoms with Crippen molar-refractivity contribution in [2.45, 2.75) is 52.0 Å². The molecule has 5 nitrogen and oxygen atoms in total. The van der Waals surface area contributed by atoms with Crippen LogP contribution in [0.25, 0.3) is 21.9 Å². The van der Waals surface area contributed by atoms with Crippen LogP contribution < -0.4 is 0 Å². The topological polar surface area (TPSA) is 80.1 Å². The van der Waals surface area contributed by atoms with Crippen molar-refractivity contribution in [2.75, 3.05) is 0 Å². The highest BCUT2D eigenvalue weighted by Gasteiger charge is 2.32. The van der Waals surface area contributed by atoms with Crippen LogP contribution >= 0.6 is 0 Å². The summed E-state index contributed by atoms with van der Waals surface area (Å²) in [7, 11) is 0. The Hall–Kier alpha value is -4.87. The second kappa shape index (κ2) is 12.0. The quantitative estimate of drug-likeness (QED) is 0.179. The van der Waals surface area contributed by atoms with Crippen molar-refractivity contribution in [3.05, 3.63) is 130 Å². The number of aromatic nitrogens is 1. The molecule has 4 aromatic carbocycles. The van der Waals surface area contributed by atoms with Crippen LogP contribution in [0.4, 0.5) is 13.2 Å². The average molecular weight is 596 g/mol. The van der Waals surface area contributed by atoms with Crippen LogP contribution in [0, 0.1) is 18.3 Å². The number of H-pyrrole nitrogens is 1. The minimum absolute atomic E-state index is 0.248. The third kappa shape index (κ3) is 6.53. The SMILES string of the molecule is Cc1ccc2ccc(C#N)cc2c1CN(Cc1ccc(-c2cccc(C(C)(C)C(=O)O)c2)cc1)Cc1ccc(C(F)(F)F)[nH]1. The number of aromatic amines is 1. The summed E-state index contributed by atoms with van der Waals surface area (Å²) in [6.07, 6.45) is -4.46. The van der Waals surface area contributed by atoms with Gasteiger partial charge in [-0.25, -0.2) is 0 Å². The molecule has 0 bridgehead atoms. The lowest BCUT2D eigenvalue weighted by atomic mass is 9.83. The molecular weight excluding hydrogens is 563 g/mol. The maximum atomic E-state index is 13.3. The first-order valence-corrected chi connectivity index (χ1v) is 14.2. The normalized spacial score (nSPS) is 12.0. The van der Waals surface area contributed by atoms with Gasteiger partial charge < -0.3 is 10.1 Å². The fraction of sp³-hybridized carbons (Fsp3) is 0.222. The maximum Gasteiger partial charge on any atom is 0.431 e. The number of carbonyl (C=O) groups is 1. The Kier molecular flexibility index (Phi) is 8.36. The van der Waals surface area contributed by atoms with Gasteiger partial charge in [0, 0.05) is 25.3 Å². The molecule has 224 valence electrons. The number of halogens is 3. The van der Waals surface area contributed by atoms with E-state index in [1.807, 2.05) is 79.7 Å². The molecule has 0 unspecified atom stereocenters. The van der Waals surface area contributed by atoms with Crippen LogP contribution in [0.1, 0.15) is 53.1 Å². The van der Waals surface area contributed by atoms with Gasteiger partial charge in [-0.15, -0.1) is 0 Å². The van der Waals surface area contributed by atoms with Gasteiger partial charge in [-0.3, -0.25) is 9.69 Å². The third-order valence-corrected chi connectivity index (χ3v) is 8.14. The molecule has 1 aromatic heterocycles. The van der Waals surface area contributed by atoms with E-state index in [-0.39, 0.29) is 6.54 Å². The summed E-state index contributed by atoms with van der Waals surface area (Å²) in [5.74, 6) is -0.903. The first-order valence-electron chi connectivity index (χ1n) is 14.2. The predicted molar refractivity (Wildman–Crippen MR) is 165 cm³/mol. The number of carboxylic acid groups (broad SMARTS) is 1. The maximum absolute atomic E-state index is 13.3. The van der Waals surface area contributed by atoms with E-state index in [1.165, 1.54) is 6.07 Å². The highest BCUT2D eigenvalue weighted by Crippen LogP contribution is 2.31. The molecule has 5 aromatic rings. The third-order valence-electron chi connectivity index (χ3n) is 8.14. The van der Waals surface area contributed by atoms with Crippen LogP contribution in [-0.4, -0.2) is 21.0 Å². The van der Waals surface area contributed by atoms with Crippen LogP contribution in [0.3, 0.4) is 0 Å². The van der Waals surface area contributed by atoms with E-state index in [4.69, 9.17) is 0 Å². The standard InChI is InChI=1S/C36H32F3N3O2/c1-23-7-11-27-14-10-25(19-40)17-31(27)32(23)22-42(21-30-15-16-33(41-30)36(37,38)39)20-24-8-12-26(13-9-24)28-5-4-6-29(18-28)35(2,3)34(43)44/h4-18,41H,20-22H2,1-3H3,(H,43,44). The second-order valence-electron chi connectivity index (χ2n) is 11.7. The zero-order valence-electron chi connectivity index (χ0n) is 24.7. The summed E-state index contributed by atoms with van der Waals surface area (Å²) in [6, 6.07) is 29.7. The van der Waals surface area contributed by atoms with Crippen molar-refractivity contribution in [2.24, 2.45) is 0 Å². The molecule has 0 saturated carbocycles. The number of nitrogens with one attached hydrogen (secondary N) is 1. The highest BCUT2D eigenvalue weighted by atomic mass is 19.4. The number of hydrogen-bond donors (Lipinski definition) is 2. The minimum Gasteiger partial charge on any atom is -0.481 e. The zero-order valence-corrected chi connectivity index (χ0v) is 24.7. The molecule has 0 radical (unpaired) electrons. The largest absolute Gasteiger partial charge is 0.481 e. The molecule has 0 fully saturated rings. The summed E-state index contributed by atoms with van der Waals surface area (Å²) in [5, 5.41) is 21.1. The predicted octanol–water partition coefficient (Wildman–Crippen LogP) is 8.60. The summed E-state index contributed by atoms with van der Waals surface area (Å²) in [6.45, 7) is 6.50. The molecule has 1 heterocycles. The van der Waals surface area contributed by atoms with Gasteiger partial charge in [0.25, 0.3) is 0 Å². The number of benzene rings is 4. The van der Waals surface area contributed by atoms with Gasteiger partial charge >= 0.3 is 12.1 Å². The lowest BCUT2D eigenvalue weighted by Crippen LogP contribution is -2.28. The van der Waals surface area contributed by atoms with Crippen LogP contribution in [0.5, 0.6) is 0 Å². The molecule has 8 heteroatoms. The number of aliphatic carboxylic acids is 1. The van der Waals surface area contributed by atoms with Gasteiger partial charge in [0.15, 0.2) is 0 Å². The van der Waals surface area contributed by atoms with E-state index < -0.39 is 23.3 Å². The Morgan fingerprint density at radius 1 is 0.886 bits per heavy atom. The van der Waals surface area contributed by atoms with Gasteiger partial charge in [-0.1, -0.05) is 66.7 Å². The van der Waals surface area contributed by atoms with Crippen LogP contribution in [-0.2, 0) is 36.0 Å². The van der Waals surface area contributed by atoms with Crippen LogP contribution in [0.2, 0.25) is 0 Å². The first-order chi connectivity index (χ1) is 20.8. The first kappa shape index (κ1) is 30.6. The lowest BCUT2D eigenvalue weighted by Gasteiger charge is -2.24. The molecule has 44 heavy (non-hydrogen) atoms. The molecule has 0 saturated heterocycles. The lowest BCUT2D eigenvalue weighted by molar-refractivity contribution is -0.142. The smallest absolute Gasteiger partial charge is 0.431 e. The molecule has 0 aliphatic rings. The average Bonchev–Trinajstić information content (AvgIpc) is 3.48. The van der Waals surface area contributed by atoms with Crippen molar-refractivity contribution >= 4 is 16.7 Å². The molecule has 2 N–H and O–H groups in total. The van der Waals surface area contributed by atoms with E-state index in [1.54, 1.807) is 19.9 Å². The summed E-state index contributed by atoms with van der Waals surface area (Å²) >= 11 is 0. The van der Waals surface area contributed by atoms with Gasteiger partial charge in [0.05, 0.1) is 17.0 Å². The molecule has 0 aliphatic heterocycles. The summed E-state index contributed by atoms with van der Waals surface area (Å²) < 4.78 is 40.0. The van der Waals surface area contributed by atoms with E-state index in [0.717, 1.165) is 44.7 Å². The van der Waals surface area contributed by atoms with Crippen molar-refractivity contribution in [1.82, 2.24) is 9.88 Å². The number of nitriles is 1. The van der Waals surface area contributed by atoms with Crippen molar-refractivity contribution in [3.8, 4) is 17.2 Å². The van der Waals surface area contributed by atoms with Gasteiger partial charge in [-0.05, 0) is 89.2 Å². The van der Waals surface area contributed by atoms with Gasteiger partial charge in [-0.2, -0.15) is 18.4 Å². The second-order valence-corrected chi connectivity index (χ2v) is 11.7. The van der Waals surface area contributed by atoms with Gasteiger partial charge in [0.1, 0.15) is 5.69 Å². The highest BCUT2D eigenvalue weighted by molar-refractivity contribution is 5.88. The van der Waals surface area contributed by atoms with Crippen molar-refractivity contribution in [1.29, 1.82) is 5.26 Å².